The molecule has 27 heavy (non-hydrogen) atoms. The molecule has 4 rings (SSSR count). The molecule has 1 unspecified atom stereocenters. The third-order valence-corrected chi connectivity index (χ3v) is 5.45. The van der Waals surface area contributed by atoms with Crippen molar-refractivity contribution < 1.29 is 14.3 Å². The molecule has 1 atom stereocenters. The molecular formula is C17H17N5O4S. The molecule has 10 heteroatoms. The lowest BCUT2D eigenvalue weighted by Crippen LogP contribution is -2.27. The van der Waals surface area contributed by atoms with Crippen molar-refractivity contribution in [2.45, 2.75) is 17.6 Å². The monoisotopic (exact) mass is 387 g/mol. The number of amides is 1. The van der Waals surface area contributed by atoms with Crippen molar-refractivity contribution in [3.05, 3.63) is 34.7 Å². The van der Waals surface area contributed by atoms with Crippen LogP contribution in [0.1, 0.15) is 12.5 Å². The Kier molecular flexibility index (Phi) is 4.48. The lowest BCUT2D eigenvalue weighted by molar-refractivity contribution is -0.116. The van der Waals surface area contributed by atoms with Crippen LogP contribution >= 0.6 is 11.8 Å². The van der Waals surface area contributed by atoms with Gasteiger partial charge in [-0.05, 0) is 12.1 Å². The van der Waals surface area contributed by atoms with Crippen LogP contribution in [-0.4, -0.2) is 45.6 Å². The summed E-state index contributed by atoms with van der Waals surface area (Å²) in [6, 6.07) is 4.89. The van der Waals surface area contributed by atoms with Gasteiger partial charge < -0.3 is 14.8 Å². The number of carbonyl (C=O) groups excluding carboxylic acids is 1. The number of thioether (sulfide) groups is 1. The number of rotatable bonds is 5. The third kappa shape index (κ3) is 3.12. The van der Waals surface area contributed by atoms with Crippen molar-refractivity contribution in [2.75, 3.05) is 25.3 Å². The van der Waals surface area contributed by atoms with E-state index in [2.05, 4.69) is 20.5 Å². The molecule has 0 saturated heterocycles. The van der Waals surface area contributed by atoms with Gasteiger partial charge in [0.05, 0.1) is 32.1 Å². The average molecular weight is 387 g/mol. The van der Waals surface area contributed by atoms with E-state index in [0.717, 1.165) is 0 Å². The van der Waals surface area contributed by atoms with E-state index in [1.165, 1.54) is 25.1 Å². The smallest absolute Gasteiger partial charge is 0.265 e. The topological polar surface area (TPSA) is 111 Å². The summed E-state index contributed by atoms with van der Waals surface area (Å²) >= 11 is 1.45. The van der Waals surface area contributed by atoms with Crippen molar-refractivity contribution in [1.82, 2.24) is 19.7 Å². The fourth-order valence-corrected chi connectivity index (χ4v) is 4.17. The van der Waals surface area contributed by atoms with Crippen LogP contribution in [0.25, 0.3) is 11.0 Å². The summed E-state index contributed by atoms with van der Waals surface area (Å²) < 4.78 is 12.0. The zero-order chi connectivity index (χ0) is 19.0. The van der Waals surface area contributed by atoms with Gasteiger partial charge in [0.15, 0.2) is 10.8 Å². The van der Waals surface area contributed by atoms with E-state index in [-0.39, 0.29) is 23.9 Å². The first-order valence-electron chi connectivity index (χ1n) is 8.21. The van der Waals surface area contributed by atoms with Crippen LogP contribution in [0.15, 0.2) is 34.3 Å². The molecule has 0 aliphatic carbocycles. The highest BCUT2D eigenvalue weighted by atomic mass is 32.2. The van der Waals surface area contributed by atoms with E-state index in [1.54, 1.807) is 29.9 Å². The third-order valence-electron chi connectivity index (χ3n) is 4.35. The molecule has 0 spiro atoms. The molecule has 3 heterocycles. The van der Waals surface area contributed by atoms with E-state index in [4.69, 9.17) is 9.47 Å². The SMILES string of the molecule is COc1ccc(OC)c(NC(=O)CC2CSc3nc4[nH]ncc4c(=O)n32)c1. The summed E-state index contributed by atoms with van der Waals surface area (Å²) in [6.07, 6.45) is 1.60. The van der Waals surface area contributed by atoms with Crippen LogP contribution in [0.5, 0.6) is 11.5 Å². The minimum absolute atomic E-state index is 0.144. The molecule has 9 nitrogen and oxygen atoms in total. The summed E-state index contributed by atoms with van der Waals surface area (Å²) in [4.78, 5) is 29.7. The zero-order valence-electron chi connectivity index (χ0n) is 14.7. The number of anilines is 1. The van der Waals surface area contributed by atoms with Crippen molar-refractivity contribution in [1.29, 1.82) is 0 Å². The highest BCUT2D eigenvalue weighted by Crippen LogP contribution is 2.34. The van der Waals surface area contributed by atoms with Gasteiger partial charge >= 0.3 is 0 Å². The van der Waals surface area contributed by atoms with Gasteiger partial charge in [-0.2, -0.15) is 5.10 Å². The van der Waals surface area contributed by atoms with Crippen molar-refractivity contribution in [3.8, 4) is 11.5 Å². The van der Waals surface area contributed by atoms with Gasteiger partial charge in [0, 0.05) is 18.2 Å². The highest BCUT2D eigenvalue weighted by molar-refractivity contribution is 7.99. The highest BCUT2D eigenvalue weighted by Gasteiger charge is 2.29. The number of carbonyl (C=O) groups is 1. The molecule has 140 valence electrons. The quantitative estimate of drug-likeness (QED) is 0.642. The van der Waals surface area contributed by atoms with Gasteiger partial charge in [0.2, 0.25) is 5.91 Å². The Morgan fingerprint density at radius 1 is 1.41 bits per heavy atom. The van der Waals surface area contributed by atoms with Crippen LogP contribution in [0.4, 0.5) is 5.69 Å². The minimum atomic E-state index is -0.277. The van der Waals surface area contributed by atoms with Gasteiger partial charge in [-0.3, -0.25) is 19.3 Å². The van der Waals surface area contributed by atoms with Crippen molar-refractivity contribution in [3.63, 3.8) is 0 Å². The van der Waals surface area contributed by atoms with Gasteiger partial charge in [-0.15, -0.1) is 0 Å². The molecule has 1 aromatic carbocycles. The van der Waals surface area contributed by atoms with E-state index in [1.807, 2.05) is 0 Å². The Morgan fingerprint density at radius 3 is 3.04 bits per heavy atom. The molecule has 3 aromatic rings. The summed E-state index contributed by atoms with van der Waals surface area (Å²) in [6.45, 7) is 0. The number of aromatic nitrogens is 4. The molecule has 0 saturated carbocycles. The Hall–Kier alpha value is -3.01. The molecular weight excluding hydrogens is 370 g/mol. The first-order valence-corrected chi connectivity index (χ1v) is 9.19. The molecule has 0 fully saturated rings. The van der Waals surface area contributed by atoms with Crippen LogP contribution in [-0.2, 0) is 4.79 Å². The molecule has 1 amide bonds. The van der Waals surface area contributed by atoms with Crippen molar-refractivity contribution in [2.24, 2.45) is 0 Å². The number of aromatic amines is 1. The van der Waals surface area contributed by atoms with Gasteiger partial charge in [0.1, 0.15) is 16.9 Å². The maximum atomic E-state index is 12.7. The molecule has 0 bridgehead atoms. The van der Waals surface area contributed by atoms with E-state index >= 15 is 0 Å². The largest absolute Gasteiger partial charge is 0.497 e. The normalized spacial score (nSPS) is 15.6. The number of ether oxygens (including phenoxy) is 2. The summed E-state index contributed by atoms with van der Waals surface area (Å²) in [5, 5.41) is 10.4. The second kappa shape index (κ2) is 6.95. The number of nitrogens with zero attached hydrogens (tertiary/aromatic N) is 3. The zero-order valence-corrected chi connectivity index (χ0v) is 15.5. The number of methoxy groups -OCH3 is 2. The van der Waals surface area contributed by atoms with Gasteiger partial charge in [-0.1, -0.05) is 11.8 Å². The van der Waals surface area contributed by atoms with Crippen LogP contribution in [0.3, 0.4) is 0 Å². The Bertz CT molecular complexity index is 1080. The van der Waals surface area contributed by atoms with E-state index in [0.29, 0.717) is 39.1 Å². The van der Waals surface area contributed by atoms with E-state index in [9.17, 15) is 9.59 Å². The average Bonchev–Trinajstić information content (AvgIpc) is 3.29. The molecule has 1 aliphatic rings. The predicted octanol–water partition coefficient (Wildman–Crippen LogP) is 1.81. The van der Waals surface area contributed by atoms with Crippen LogP contribution in [0.2, 0.25) is 0 Å². The van der Waals surface area contributed by atoms with Crippen LogP contribution in [0, 0.1) is 0 Å². The minimum Gasteiger partial charge on any atom is -0.497 e. The second-order valence-electron chi connectivity index (χ2n) is 5.99. The standard InChI is InChI=1S/C17H17N5O4S/c1-25-10-3-4-13(26-2)12(6-10)19-14(23)5-9-8-27-17-20-15-11(7-18-21-15)16(24)22(9)17/h3-4,6-7,9H,5,8H2,1-2H3,(H,18,21)(H,19,23). The number of nitrogens with one attached hydrogen (secondary N) is 2. The number of hydrogen-bond donors (Lipinski definition) is 2. The first kappa shape index (κ1) is 17.4. The lowest BCUT2D eigenvalue weighted by Gasteiger charge is -2.15. The maximum Gasteiger partial charge on any atom is 0.265 e. The summed E-state index contributed by atoms with van der Waals surface area (Å²) in [5.74, 6) is 1.52. The van der Waals surface area contributed by atoms with E-state index < -0.39 is 0 Å². The summed E-state index contributed by atoms with van der Waals surface area (Å²) in [7, 11) is 3.08. The number of hydrogen-bond acceptors (Lipinski definition) is 7. The predicted molar refractivity (Wildman–Crippen MR) is 101 cm³/mol. The fourth-order valence-electron chi connectivity index (χ4n) is 3.03. The van der Waals surface area contributed by atoms with Crippen LogP contribution < -0.4 is 20.3 Å². The summed E-state index contributed by atoms with van der Waals surface area (Å²) in [5.41, 5.74) is 0.791. The van der Waals surface area contributed by atoms with Gasteiger partial charge in [-0.25, -0.2) is 4.98 Å². The lowest BCUT2D eigenvalue weighted by atomic mass is 10.2. The molecule has 2 aromatic heterocycles. The maximum absolute atomic E-state index is 12.7. The Balaban J connectivity index is 1.57. The number of fused-ring (bicyclic) bond motifs is 2. The van der Waals surface area contributed by atoms with Gasteiger partial charge in [0.25, 0.3) is 5.56 Å². The molecule has 2 N–H and O–H groups in total. The Labute approximate surface area is 158 Å². The first-order chi connectivity index (χ1) is 13.1. The fraction of sp³-hybridized carbons (Fsp3) is 0.294. The molecule has 1 aliphatic heterocycles. The Morgan fingerprint density at radius 2 is 2.26 bits per heavy atom. The number of benzene rings is 1. The van der Waals surface area contributed by atoms with Crippen molar-refractivity contribution >= 4 is 34.4 Å². The molecule has 0 radical (unpaired) electrons. The second-order valence-corrected chi connectivity index (χ2v) is 6.97. The number of H-pyrrole nitrogens is 1.